The molecule has 1 heterocycles. The van der Waals surface area contributed by atoms with Gasteiger partial charge in [0.25, 0.3) is 0 Å². The van der Waals surface area contributed by atoms with Gasteiger partial charge in [0.1, 0.15) is 5.82 Å². The fraction of sp³-hybridized carbons (Fsp3) is 0.154. The summed E-state index contributed by atoms with van der Waals surface area (Å²) in [7, 11) is 0. The highest BCUT2D eigenvalue weighted by molar-refractivity contribution is 6.13. The monoisotopic (exact) mass is 530 g/mol. The second-order valence-corrected chi connectivity index (χ2v) is 11.6. The second-order valence-electron chi connectivity index (χ2n) is 11.6. The van der Waals surface area contributed by atoms with E-state index in [9.17, 15) is 0 Å². The molecule has 0 atom stereocenters. The third-order valence-electron chi connectivity index (χ3n) is 8.31. The van der Waals surface area contributed by atoms with Crippen LogP contribution in [0.2, 0.25) is 0 Å². The molecule has 1 aromatic heterocycles. The van der Waals surface area contributed by atoms with Crippen molar-refractivity contribution in [3.63, 3.8) is 0 Å². The summed E-state index contributed by atoms with van der Waals surface area (Å²) >= 11 is 0. The summed E-state index contributed by atoms with van der Waals surface area (Å²) < 4.78 is 2.45. The maximum Gasteiger partial charge on any atom is 0.146 e. The SMILES string of the molecule is CC(C)c1cc(-c2ccccc2)cc(C(C)C)c1-n1c(-c2cc3ccccc3c3ccccc23)nc2ccccc21. The maximum absolute atomic E-state index is 5.36. The average molecular weight is 531 g/mol. The maximum atomic E-state index is 5.36. The lowest BCUT2D eigenvalue weighted by Gasteiger charge is -2.24. The van der Waals surface area contributed by atoms with Crippen LogP contribution < -0.4 is 0 Å². The van der Waals surface area contributed by atoms with E-state index in [1.165, 1.54) is 49.5 Å². The summed E-state index contributed by atoms with van der Waals surface area (Å²) in [6, 6.07) is 43.9. The quantitative estimate of drug-likeness (QED) is 0.202. The van der Waals surface area contributed by atoms with Gasteiger partial charge in [0.15, 0.2) is 0 Å². The lowest BCUT2D eigenvalue weighted by molar-refractivity contribution is 0.812. The van der Waals surface area contributed by atoms with Crippen LogP contribution >= 0.6 is 0 Å². The van der Waals surface area contributed by atoms with E-state index in [2.05, 4.69) is 154 Å². The van der Waals surface area contributed by atoms with Crippen molar-refractivity contribution >= 4 is 32.6 Å². The van der Waals surface area contributed by atoms with Crippen LogP contribution in [0.5, 0.6) is 0 Å². The van der Waals surface area contributed by atoms with E-state index >= 15 is 0 Å². The van der Waals surface area contributed by atoms with Crippen LogP contribution in [0.1, 0.15) is 50.7 Å². The zero-order valence-electron chi connectivity index (χ0n) is 24.1. The normalized spacial score (nSPS) is 11.9. The highest BCUT2D eigenvalue weighted by Gasteiger charge is 2.24. The first-order valence-corrected chi connectivity index (χ1v) is 14.6. The predicted molar refractivity (Wildman–Crippen MR) is 175 cm³/mol. The molecule has 0 unspecified atom stereocenters. The third-order valence-corrected chi connectivity index (χ3v) is 8.31. The van der Waals surface area contributed by atoms with Crippen molar-refractivity contribution in [2.45, 2.75) is 39.5 Å². The van der Waals surface area contributed by atoms with E-state index in [0.29, 0.717) is 11.8 Å². The average Bonchev–Trinajstić information content (AvgIpc) is 3.39. The fourth-order valence-corrected chi connectivity index (χ4v) is 6.29. The van der Waals surface area contributed by atoms with Gasteiger partial charge in [0.05, 0.1) is 16.7 Å². The number of para-hydroxylation sites is 2. The van der Waals surface area contributed by atoms with Gasteiger partial charge in [-0.25, -0.2) is 4.98 Å². The smallest absolute Gasteiger partial charge is 0.146 e. The van der Waals surface area contributed by atoms with Crippen LogP contribution in [-0.2, 0) is 0 Å². The molecule has 0 aliphatic rings. The van der Waals surface area contributed by atoms with Gasteiger partial charge >= 0.3 is 0 Å². The standard InChI is InChI=1S/C39H34N2/c1-25(2)33-23-29(27-14-6-5-7-15-27)24-34(26(3)4)38(33)41-37-21-13-12-20-36(37)40-39(41)35-22-28-16-8-9-17-30(28)31-18-10-11-19-32(31)35/h5-26H,1-4H3. The van der Waals surface area contributed by atoms with E-state index < -0.39 is 0 Å². The largest absolute Gasteiger partial charge is 0.292 e. The Kier molecular flexibility index (Phi) is 6.20. The molecule has 0 radical (unpaired) electrons. The van der Waals surface area contributed by atoms with E-state index in [4.69, 9.17) is 4.98 Å². The topological polar surface area (TPSA) is 17.8 Å². The number of fused-ring (bicyclic) bond motifs is 4. The number of hydrogen-bond acceptors (Lipinski definition) is 1. The van der Waals surface area contributed by atoms with Crippen LogP contribution in [0.15, 0.2) is 121 Å². The van der Waals surface area contributed by atoms with Gasteiger partial charge in [-0.2, -0.15) is 0 Å². The fourth-order valence-electron chi connectivity index (χ4n) is 6.29. The molecule has 0 aliphatic carbocycles. The van der Waals surface area contributed by atoms with Crippen molar-refractivity contribution < 1.29 is 0 Å². The highest BCUT2D eigenvalue weighted by Crippen LogP contribution is 2.42. The van der Waals surface area contributed by atoms with E-state index in [1.807, 2.05) is 0 Å². The molecule has 0 spiro atoms. The number of rotatable bonds is 5. The molecule has 7 rings (SSSR count). The molecule has 2 heteroatoms. The second kappa shape index (κ2) is 10.1. The Morgan fingerprint density at radius 1 is 0.537 bits per heavy atom. The minimum Gasteiger partial charge on any atom is -0.292 e. The molecule has 0 saturated heterocycles. The van der Waals surface area contributed by atoms with Gasteiger partial charge in [-0.1, -0.05) is 119 Å². The molecule has 6 aromatic carbocycles. The van der Waals surface area contributed by atoms with Gasteiger partial charge in [-0.05, 0) is 86.0 Å². The summed E-state index contributed by atoms with van der Waals surface area (Å²) in [5.74, 6) is 1.64. The molecule has 41 heavy (non-hydrogen) atoms. The molecule has 0 N–H and O–H groups in total. The first-order chi connectivity index (χ1) is 20.0. The molecule has 0 fully saturated rings. The van der Waals surface area contributed by atoms with Crippen LogP contribution in [0.3, 0.4) is 0 Å². The van der Waals surface area contributed by atoms with Gasteiger partial charge < -0.3 is 0 Å². The van der Waals surface area contributed by atoms with Crippen molar-refractivity contribution in [1.29, 1.82) is 0 Å². The number of imidazole rings is 1. The molecular formula is C39H34N2. The summed E-state index contributed by atoms with van der Waals surface area (Å²) in [5.41, 5.74) is 9.76. The molecule has 2 nitrogen and oxygen atoms in total. The van der Waals surface area contributed by atoms with Crippen LogP contribution in [0.4, 0.5) is 0 Å². The molecule has 0 amide bonds. The number of hydrogen-bond donors (Lipinski definition) is 0. The first-order valence-electron chi connectivity index (χ1n) is 14.6. The van der Waals surface area contributed by atoms with Gasteiger partial charge in [0.2, 0.25) is 0 Å². The van der Waals surface area contributed by atoms with Crippen molar-refractivity contribution in [2.24, 2.45) is 0 Å². The zero-order valence-corrected chi connectivity index (χ0v) is 24.1. The Morgan fingerprint density at radius 2 is 1.12 bits per heavy atom. The Morgan fingerprint density at radius 3 is 1.83 bits per heavy atom. The summed E-state index contributed by atoms with van der Waals surface area (Å²) in [5, 5.41) is 4.98. The predicted octanol–water partition coefficient (Wildman–Crippen LogP) is 10.9. The van der Waals surface area contributed by atoms with Gasteiger partial charge in [-0.15, -0.1) is 0 Å². The Labute approximate surface area is 241 Å². The van der Waals surface area contributed by atoms with Gasteiger partial charge in [-0.3, -0.25) is 4.57 Å². The molecule has 0 aliphatic heterocycles. The lowest BCUT2D eigenvalue weighted by atomic mass is 9.88. The van der Waals surface area contributed by atoms with Crippen molar-refractivity contribution in [3.05, 3.63) is 132 Å². The Bertz CT molecular complexity index is 2020. The minimum absolute atomic E-state index is 0.327. The highest BCUT2D eigenvalue weighted by atomic mass is 15.1. The summed E-state index contributed by atoms with van der Waals surface area (Å²) in [6.07, 6.45) is 0. The molecule has 0 saturated carbocycles. The number of aromatic nitrogens is 2. The molecule has 7 aromatic rings. The van der Waals surface area contributed by atoms with Gasteiger partial charge in [0, 0.05) is 5.56 Å². The van der Waals surface area contributed by atoms with Crippen LogP contribution in [0.25, 0.3) is 60.8 Å². The Hall–Kier alpha value is -4.69. The first kappa shape index (κ1) is 25.3. The number of nitrogens with zero attached hydrogens (tertiary/aromatic N) is 2. The zero-order chi connectivity index (χ0) is 28.1. The Balaban J connectivity index is 1.62. The summed E-state index contributed by atoms with van der Waals surface area (Å²) in [6.45, 7) is 9.23. The van der Waals surface area contributed by atoms with E-state index in [1.54, 1.807) is 0 Å². The minimum atomic E-state index is 0.327. The van der Waals surface area contributed by atoms with Crippen molar-refractivity contribution in [1.82, 2.24) is 9.55 Å². The molecule has 200 valence electrons. The van der Waals surface area contributed by atoms with E-state index in [-0.39, 0.29) is 0 Å². The van der Waals surface area contributed by atoms with E-state index in [0.717, 1.165) is 22.4 Å². The molecule has 0 bridgehead atoms. The van der Waals surface area contributed by atoms with Crippen molar-refractivity contribution in [3.8, 4) is 28.2 Å². The van der Waals surface area contributed by atoms with Crippen LogP contribution in [-0.4, -0.2) is 9.55 Å². The molecular weight excluding hydrogens is 496 g/mol. The lowest BCUT2D eigenvalue weighted by Crippen LogP contribution is -2.09. The summed E-state index contributed by atoms with van der Waals surface area (Å²) in [4.78, 5) is 5.36. The number of benzene rings is 6. The van der Waals surface area contributed by atoms with Crippen LogP contribution in [0, 0.1) is 0 Å². The third kappa shape index (κ3) is 4.22. The van der Waals surface area contributed by atoms with Crippen molar-refractivity contribution in [2.75, 3.05) is 0 Å².